The minimum absolute atomic E-state index is 0.344. The topological polar surface area (TPSA) is 60.2 Å². The molecule has 1 aliphatic rings. The fourth-order valence-corrected chi connectivity index (χ4v) is 2.99. The summed E-state index contributed by atoms with van der Waals surface area (Å²) in [6, 6.07) is 2.39. The highest BCUT2D eigenvalue weighted by Crippen LogP contribution is 2.27. The number of anilines is 1. The van der Waals surface area contributed by atoms with Crippen molar-refractivity contribution in [2.75, 3.05) is 12.4 Å². The first-order valence-corrected chi connectivity index (χ1v) is 6.99. The molecule has 0 saturated heterocycles. The minimum Gasteiger partial charge on any atom is -0.389 e. The van der Waals surface area contributed by atoms with Crippen LogP contribution in [-0.4, -0.2) is 29.2 Å². The molecule has 104 valence electrons. The molecular weight excluding hydrogens is 258 g/mol. The quantitative estimate of drug-likeness (QED) is 0.828. The summed E-state index contributed by atoms with van der Waals surface area (Å²) in [7, 11) is 1.77. The summed E-state index contributed by atoms with van der Waals surface area (Å²) >= 11 is 5.14. The molecule has 5 heteroatoms. The predicted molar refractivity (Wildman–Crippen MR) is 81.7 cm³/mol. The van der Waals surface area contributed by atoms with Crippen LogP contribution in [0.2, 0.25) is 0 Å². The molecular formula is C14H21N3OS. The average molecular weight is 279 g/mol. The second kappa shape index (κ2) is 5.84. The van der Waals surface area contributed by atoms with Gasteiger partial charge in [-0.15, -0.1) is 0 Å². The lowest BCUT2D eigenvalue weighted by Gasteiger charge is -2.18. The van der Waals surface area contributed by atoms with Gasteiger partial charge in [0.25, 0.3) is 0 Å². The monoisotopic (exact) mass is 279 g/mol. The summed E-state index contributed by atoms with van der Waals surface area (Å²) in [6.07, 6.45) is 3.52. The first-order valence-electron chi connectivity index (χ1n) is 6.58. The van der Waals surface area contributed by atoms with Gasteiger partial charge in [-0.1, -0.05) is 12.2 Å². The Kier molecular flexibility index (Phi) is 4.37. The zero-order valence-electron chi connectivity index (χ0n) is 11.7. The Labute approximate surface area is 119 Å². The molecule has 2 unspecified atom stereocenters. The van der Waals surface area contributed by atoms with E-state index in [9.17, 15) is 0 Å². The summed E-state index contributed by atoms with van der Waals surface area (Å²) in [5.74, 6) is 0.812. The van der Waals surface area contributed by atoms with Gasteiger partial charge in [-0.3, -0.25) is 0 Å². The number of rotatable bonds is 4. The summed E-state index contributed by atoms with van der Waals surface area (Å²) in [4.78, 5) is 4.95. The number of ether oxygens (including phenoxy) is 1. The molecule has 0 radical (unpaired) electrons. The van der Waals surface area contributed by atoms with E-state index < -0.39 is 0 Å². The lowest BCUT2D eigenvalue weighted by atomic mass is 10.1. The van der Waals surface area contributed by atoms with Crippen LogP contribution < -0.4 is 11.1 Å². The third kappa shape index (κ3) is 3.22. The number of nitrogens with two attached hydrogens (primary N) is 1. The van der Waals surface area contributed by atoms with E-state index in [1.807, 2.05) is 19.9 Å². The van der Waals surface area contributed by atoms with E-state index in [-0.39, 0.29) is 0 Å². The number of hydrogen-bond acceptors (Lipinski definition) is 4. The van der Waals surface area contributed by atoms with Crippen LogP contribution in [0.25, 0.3) is 0 Å². The Morgan fingerprint density at radius 2 is 2.21 bits per heavy atom. The van der Waals surface area contributed by atoms with Gasteiger partial charge in [-0.2, -0.15) is 0 Å². The van der Waals surface area contributed by atoms with E-state index in [0.29, 0.717) is 17.1 Å². The molecule has 1 heterocycles. The molecule has 2 rings (SSSR count). The molecule has 2 atom stereocenters. The minimum atomic E-state index is 0.344. The lowest BCUT2D eigenvalue weighted by molar-refractivity contribution is 0.108. The van der Waals surface area contributed by atoms with Gasteiger partial charge in [0.2, 0.25) is 0 Å². The molecule has 1 aliphatic carbocycles. The van der Waals surface area contributed by atoms with Crippen LogP contribution >= 0.6 is 12.2 Å². The van der Waals surface area contributed by atoms with Crippen molar-refractivity contribution >= 4 is 23.0 Å². The van der Waals surface area contributed by atoms with Crippen LogP contribution in [-0.2, 0) is 4.74 Å². The summed E-state index contributed by atoms with van der Waals surface area (Å²) in [6.45, 7) is 4.00. The van der Waals surface area contributed by atoms with Gasteiger partial charge in [0, 0.05) is 18.8 Å². The fraction of sp³-hybridized carbons (Fsp3) is 0.571. The van der Waals surface area contributed by atoms with Gasteiger partial charge in [0.1, 0.15) is 10.8 Å². The number of aromatic nitrogens is 1. The zero-order chi connectivity index (χ0) is 14.0. The molecule has 0 aromatic carbocycles. The van der Waals surface area contributed by atoms with Crippen LogP contribution in [0.3, 0.4) is 0 Å². The van der Waals surface area contributed by atoms with Gasteiger partial charge >= 0.3 is 0 Å². The van der Waals surface area contributed by atoms with Crippen molar-refractivity contribution < 1.29 is 4.74 Å². The average Bonchev–Trinajstić information content (AvgIpc) is 2.75. The number of thiocarbonyl (C=S) groups is 1. The molecule has 1 aromatic rings. The Bertz CT molecular complexity index is 490. The van der Waals surface area contributed by atoms with Crippen LogP contribution in [0.1, 0.15) is 36.1 Å². The summed E-state index contributed by atoms with van der Waals surface area (Å²) < 4.78 is 5.39. The summed E-state index contributed by atoms with van der Waals surface area (Å²) in [5.41, 5.74) is 8.73. The Hall–Kier alpha value is -1.20. The smallest absolute Gasteiger partial charge is 0.136 e. The van der Waals surface area contributed by atoms with E-state index in [4.69, 9.17) is 22.7 Å². The normalized spacial score (nSPS) is 22.5. The van der Waals surface area contributed by atoms with Crippen molar-refractivity contribution in [1.82, 2.24) is 4.98 Å². The first kappa shape index (κ1) is 14.2. The molecule has 0 aliphatic heterocycles. The predicted octanol–water partition coefficient (Wildman–Crippen LogP) is 2.31. The third-order valence-corrected chi connectivity index (χ3v) is 3.85. The van der Waals surface area contributed by atoms with Crippen molar-refractivity contribution in [3.05, 3.63) is 22.9 Å². The van der Waals surface area contributed by atoms with Gasteiger partial charge in [0.15, 0.2) is 0 Å². The highest BCUT2D eigenvalue weighted by Gasteiger charge is 2.25. The van der Waals surface area contributed by atoms with Crippen LogP contribution in [0.4, 0.5) is 5.82 Å². The highest BCUT2D eigenvalue weighted by atomic mass is 32.1. The van der Waals surface area contributed by atoms with Crippen molar-refractivity contribution in [2.24, 2.45) is 5.73 Å². The van der Waals surface area contributed by atoms with Crippen LogP contribution in [0, 0.1) is 13.8 Å². The summed E-state index contributed by atoms with van der Waals surface area (Å²) in [5, 5.41) is 3.48. The SMILES string of the molecule is COC1CCC(Nc2nc(C)cc(C)c2C(N)=S)C1. The molecule has 1 fully saturated rings. The number of nitrogens with zero attached hydrogens (tertiary/aromatic N) is 1. The van der Waals surface area contributed by atoms with E-state index in [0.717, 1.165) is 41.9 Å². The van der Waals surface area contributed by atoms with E-state index in [1.165, 1.54) is 0 Å². The zero-order valence-corrected chi connectivity index (χ0v) is 12.5. The number of aryl methyl sites for hydroxylation is 2. The second-order valence-electron chi connectivity index (χ2n) is 5.18. The van der Waals surface area contributed by atoms with Crippen molar-refractivity contribution in [3.8, 4) is 0 Å². The van der Waals surface area contributed by atoms with Crippen molar-refractivity contribution in [1.29, 1.82) is 0 Å². The molecule has 0 spiro atoms. The Morgan fingerprint density at radius 1 is 1.47 bits per heavy atom. The van der Waals surface area contributed by atoms with Crippen molar-refractivity contribution in [2.45, 2.75) is 45.3 Å². The molecule has 1 saturated carbocycles. The van der Waals surface area contributed by atoms with Crippen LogP contribution in [0.5, 0.6) is 0 Å². The number of hydrogen-bond donors (Lipinski definition) is 2. The van der Waals surface area contributed by atoms with Crippen LogP contribution in [0.15, 0.2) is 6.07 Å². The molecule has 0 amide bonds. The highest BCUT2D eigenvalue weighted by molar-refractivity contribution is 7.80. The van der Waals surface area contributed by atoms with Gasteiger partial charge in [0.05, 0.1) is 11.7 Å². The second-order valence-corrected chi connectivity index (χ2v) is 5.62. The van der Waals surface area contributed by atoms with E-state index >= 15 is 0 Å². The molecule has 4 nitrogen and oxygen atoms in total. The number of pyridine rings is 1. The number of nitrogens with one attached hydrogen (secondary N) is 1. The maximum Gasteiger partial charge on any atom is 0.136 e. The van der Waals surface area contributed by atoms with Gasteiger partial charge in [-0.05, 0) is 44.7 Å². The Balaban J connectivity index is 2.22. The maximum atomic E-state index is 5.82. The van der Waals surface area contributed by atoms with Gasteiger partial charge in [-0.25, -0.2) is 4.98 Å². The lowest BCUT2D eigenvalue weighted by Crippen LogP contribution is -2.23. The van der Waals surface area contributed by atoms with E-state index in [1.54, 1.807) is 7.11 Å². The molecule has 3 N–H and O–H groups in total. The maximum absolute atomic E-state index is 5.82. The molecule has 1 aromatic heterocycles. The standard InChI is InChI=1S/C14H21N3OS/c1-8-6-9(2)16-14(12(8)13(15)19)17-10-4-5-11(7-10)18-3/h6,10-11H,4-5,7H2,1-3H3,(H2,15,19)(H,16,17). The Morgan fingerprint density at radius 3 is 2.79 bits per heavy atom. The largest absolute Gasteiger partial charge is 0.389 e. The fourth-order valence-electron chi connectivity index (χ4n) is 2.73. The third-order valence-electron chi connectivity index (χ3n) is 3.65. The van der Waals surface area contributed by atoms with Crippen molar-refractivity contribution in [3.63, 3.8) is 0 Å². The van der Waals surface area contributed by atoms with E-state index in [2.05, 4.69) is 10.3 Å². The number of methoxy groups -OCH3 is 1. The molecule has 19 heavy (non-hydrogen) atoms. The first-order chi connectivity index (χ1) is 9.01. The molecule has 0 bridgehead atoms. The van der Waals surface area contributed by atoms with Gasteiger partial charge < -0.3 is 15.8 Å².